The third kappa shape index (κ3) is 4.80. The van der Waals surface area contributed by atoms with E-state index in [0.29, 0.717) is 0 Å². The average molecular weight is 145 g/mol. The van der Waals surface area contributed by atoms with Gasteiger partial charge in [-0.25, -0.2) is 0 Å². The second-order valence-electron chi connectivity index (χ2n) is 0.715. The summed E-state index contributed by atoms with van der Waals surface area (Å²) in [7, 11) is 0. The van der Waals surface area contributed by atoms with Gasteiger partial charge in [-0.1, -0.05) is 0 Å². The van der Waals surface area contributed by atoms with Crippen molar-refractivity contribution in [1.29, 1.82) is 0 Å². The molecule has 1 fully saturated rings. The van der Waals surface area contributed by atoms with Crippen LogP contribution in [0.15, 0.2) is 0 Å². The molecule has 6 heteroatoms. The summed E-state index contributed by atoms with van der Waals surface area (Å²) in [6.45, 7) is 0. The third-order valence-corrected chi connectivity index (χ3v) is 0.232. The van der Waals surface area contributed by atoms with E-state index in [2.05, 4.69) is 9.78 Å². The van der Waals surface area contributed by atoms with Gasteiger partial charge in [0, 0.05) is 16.8 Å². The maximum atomic E-state index is 7.74. The smallest absolute Gasteiger partial charge is 1.00 e. The quantitative estimate of drug-likeness (QED) is 0.156. The molecule has 0 atom stereocenters. The third-order valence-electron chi connectivity index (χ3n) is 0.232. The van der Waals surface area contributed by atoms with Crippen LogP contribution in [0.25, 0.3) is 0 Å². The van der Waals surface area contributed by atoms with Crippen LogP contribution in [0.2, 0.25) is 0 Å². The molecule has 1 rings (SSSR count). The van der Waals surface area contributed by atoms with Gasteiger partial charge < -0.3 is 11.6 Å². The minimum absolute atomic E-state index is 0. The van der Waals surface area contributed by atoms with Crippen LogP contribution in [0.3, 0.4) is 0 Å². The average Bonchev–Trinajstić information content (AvgIpc) is 1.76. The molecule has 0 aromatic rings. The molecule has 0 unspecified atom stereocenters. The van der Waals surface area contributed by atoms with E-state index in [1.54, 1.807) is 0 Å². The van der Waals surface area contributed by atoms with Gasteiger partial charge in [-0.05, 0) is 0 Å². The monoisotopic (exact) mass is 145 g/mol. The van der Waals surface area contributed by atoms with Gasteiger partial charge in [0.05, 0.1) is 0 Å². The summed E-state index contributed by atoms with van der Waals surface area (Å²) in [6, 6.07) is 0. The van der Waals surface area contributed by atoms with Crippen molar-refractivity contribution in [2.75, 3.05) is 0 Å². The Hall–Kier alpha value is 0.944. The van der Waals surface area contributed by atoms with E-state index in [-0.39, 0.29) is 37.1 Å². The molecular formula is CH3CoLiO4. The fourth-order valence-corrected chi connectivity index (χ4v) is 0.0373. The minimum Gasteiger partial charge on any atom is -1.00 e. The number of hydrogen-bond donors (Lipinski definition) is 2. The maximum absolute atomic E-state index is 7.74. The predicted molar refractivity (Wildman–Crippen MR) is 10.5 cm³/mol. The van der Waals surface area contributed by atoms with Crippen LogP contribution in [-0.4, -0.2) is 16.4 Å². The summed E-state index contributed by atoms with van der Waals surface area (Å²) in [6.07, 6.45) is -2.25. The van der Waals surface area contributed by atoms with E-state index in [9.17, 15) is 0 Å². The Balaban J connectivity index is -0.0000000833. The topological polar surface area (TPSA) is 65.5 Å². The van der Waals surface area contributed by atoms with E-state index in [1.807, 2.05) is 0 Å². The molecule has 0 aromatic carbocycles. The Morgan fingerprint density at radius 1 is 1.29 bits per heavy atom. The van der Waals surface area contributed by atoms with E-state index in [4.69, 9.17) is 10.2 Å². The summed E-state index contributed by atoms with van der Waals surface area (Å²) >= 11 is 0. The second-order valence-corrected chi connectivity index (χ2v) is 0.715. The first-order valence-corrected chi connectivity index (χ1v) is 1.02. The molecule has 1 aliphatic rings. The zero-order valence-electron chi connectivity index (χ0n) is 4.54. The molecule has 7 heavy (non-hydrogen) atoms. The van der Waals surface area contributed by atoms with Crippen molar-refractivity contribution in [3.05, 3.63) is 0 Å². The van der Waals surface area contributed by atoms with E-state index >= 15 is 0 Å². The molecule has 1 radical (unpaired) electrons. The molecule has 41 valence electrons. The molecule has 1 aliphatic heterocycles. The Kier molecular flexibility index (Phi) is 4.75. The zero-order chi connectivity index (χ0) is 3.91. The van der Waals surface area contributed by atoms with Crippen molar-refractivity contribution in [2.24, 2.45) is 0 Å². The first-order chi connectivity index (χ1) is 2.21. The summed E-state index contributed by atoms with van der Waals surface area (Å²) in [5.41, 5.74) is 0. The summed E-state index contributed by atoms with van der Waals surface area (Å²) in [5.74, 6) is 0. The van der Waals surface area contributed by atoms with Gasteiger partial charge in [-0.3, -0.25) is 0 Å². The van der Waals surface area contributed by atoms with Gasteiger partial charge in [-0.2, -0.15) is 0 Å². The van der Waals surface area contributed by atoms with Crippen molar-refractivity contribution in [1.82, 2.24) is 0 Å². The van der Waals surface area contributed by atoms with Gasteiger partial charge in [0.1, 0.15) is 0 Å². The van der Waals surface area contributed by atoms with E-state index in [0.717, 1.165) is 0 Å². The van der Waals surface area contributed by atoms with Crippen LogP contribution in [0.5, 0.6) is 0 Å². The molecule has 0 amide bonds. The van der Waals surface area contributed by atoms with Crippen LogP contribution in [0, 0.1) is 0 Å². The van der Waals surface area contributed by atoms with Crippen LogP contribution in [0.1, 0.15) is 1.43 Å². The van der Waals surface area contributed by atoms with Gasteiger partial charge in [0.2, 0.25) is 0 Å². The molecule has 0 bridgehead atoms. The molecular weight excluding hydrogens is 142 g/mol. The van der Waals surface area contributed by atoms with Gasteiger partial charge in [0.15, 0.2) is 0 Å². The van der Waals surface area contributed by atoms with Crippen LogP contribution in [0.4, 0.5) is 0 Å². The zero-order valence-corrected chi connectivity index (χ0v) is 4.59. The molecule has 1 heterocycles. The minimum atomic E-state index is -2.25. The van der Waals surface area contributed by atoms with Crippen LogP contribution >= 0.6 is 0 Å². The molecule has 0 saturated carbocycles. The van der Waals surface area contributed by atoms with E-state index in [1.165, 1.54) is 0 Å². The van der Waals surface area contributed by atoms with E-state index < -0.39 is 6.16 Å². The fourth-order valence-electron chi connectivity index (χ4n) is 0.0373. The summed E-state index contributed by atoms with van der Waals surface area (Å²) in [5, 5.41) is 15.5. The Bertz CT molecular complexity index is 54.0. The first kappa shape index (κ1) is 10.8. The predicted octanol–water partition coefficient (Wildman–Crippen LogP) is -4.34. The molecule has 2 N–H and O–H groups in total. The molecule has 0 aliphatic carbocycles. The largest absolute Gasteiger partial charge is 1.00 e. The second kappa shape index (κ2) is 3.07. The van der Waals surface area contributed by atoms with Crippen LogP contribution < -0.4 is 18.9 Å². The standard InChI is InChI=1S/CH2O4.Co.Li.H/c2-1(3)4-5-1;;;/h2-3H;;;/q;;+1;-1. The fraction of sp³-hybridized carbons (Fsp3) is 1.00. The van der Waals surface area contributed by atoms with Crippen molar-refractivity contribution >= 4 is 0 Å². The Morgan fingerprint density at radius 3 is 1.43 bits per heavy atom. The molecule has 0 aromatic heterocycles. The summed E-state index contributed by atoms with van der Waals surface area (Å²) < 4.78 is 0. The van der Waals surface area contributed by atoms with Gasteiger partial charge in [-0.15, -0.1) is 9.78 Å². The van der Waals surface area contributed by atoms with Crippen molar-refractivity contribution < 1.29 is 57.1 Å². The number of hydrogen-bond acceptors (Lipinski definition) is 4. The number of aliphatic hydroxyl groups is 2. The molecule has 0 spiro atoms. The Labute approximate surface area is 63.6 Å². The molecule has 1 saturated heterocycles. The van der Waals surface area contributed by atoms with Crippen molar-refractivity contribution in [2.45, 2.75) is 6.16 Å². The SMILES string of the molecule is OC1(O)OO1.[Co].[H-].[Li+]. The normalized spacial score (nSPS) is 21.4. The summed E-state index contributed by atoms with van der Waals surface area (Å²) in [4.78, 5) is 7.01. The van der Waals surface area contributed by atoms with Crippen molar-refractivity contribution in [3.8, 4) is 0 Å². The van der Waals surface area contributed by atoms with Gasteiger partial charge >= 0.3 is 25.0 Å². The number of rotatable bonds is 0. The van der Waals surface area contributed by atoms with Gasteiger partial charge in [0.25, 0.3) is 0 Å². The first-order valence-electron chi connectivity index (χ1n) is 1.02. The van der Waals surface area contributed by atoms with Crippen LogP contribution in [-0.2, 0) is 26.6 Å². The van der Waals surface area contributed by atoms with Crippen molar-refractivity contribution in [3.63, 3.8) is 0 Å². The molecule has 4 nitrogen and oxygen atoms in total. The Morgan fingerprint density at radius 2 is 1.43 bits per heavy atom. The maximum Gasteiger partial charge on any atom is 1.00 e.